The molecule has 3 heteroatoms. The van der Waals surface area contributed by atoms with E-state index < -0.39 is 0 Å². The lowest BCUT2D eigenvalue weighted by Gasteiger charge is -2.13. The second kappa shape index (κ2) is 7.48. The molecule has 1 rings (SSSR count). The smallest absolute Gasteiger partial charge is 0.236 e. The molecule has 1 amide bonds. The Morgan fingerprint density at radius 1 is 1.35 bits per heavy atom. The quantitative estimate of drug-likeness (QED) is 0.620. The van der Waals surface area contributed by atoms with E-state index in [1.54, 1.807) is 11.9 Å². The summed E-state index contributed by atoms with van der Waals surface area (Å²) in [6, 6.07) is 9.79. The molecule has 0 saturated carbocycles. The van der Waals surface area contributed by atoms with Crippen LogP contribution in [0.25, 0.3) is 0 Å². The van der Waals surface area contributed by atoms with Crippen LogP contribution >= 0.6 is 0 Å². The fourth-order valence-electron chi connectivity index (χ4n) is 1.21. The molecule has 0 saturated heterocycles. The molecule has 1 aromatic rings. The number of nitrogens with zero attached hydrogens (tertiary/aromatic N) is 1. The number of carbonyl (C=O) groups excluding carboxylic acids is 1. The molecule has 0 fully saturated rings. The van der Waals surface area contributed by atoms with Crippen LogP contribution in [0.2, 0.25) is 0 Å². The average Bonchev–Trinajstić information content (AvgIpc) is 2.38. The molecule has 1 aromatic carbocycles. The summed E-state index contributed by atoms with van der Waals surface area (Å²) in [5.41, 5.74) is 0.992. The Kier molecular flexibility index (Phi) is 5.84. The molecule has 0 aliphatic heterocycles. The summed E-state index contributed by atoms with van der Waals surface area (Å²) in [5.74, 6) is 6.10. The van der Waals surface area contributed by atoms with E-state index in [-0.39, 0.29) is 5.91 Å². The molecule has 0 unspecified atom stereocenters. The zero-order valence-corrected chi connectivity index (χ0v) is 10.4. The topological polar surface area (TPSA) is 32.3 Å². The molecule has 3 nitrogen and oxygen atoms in total. The number of hydrogen-bond acceptors (Lipinski definition) is 2. The van der Waals surface area contributed by atoms with E-state index in [1.807, 2.05) is 37.3 Å². The Morgan fingerprint density at radius 3 is 2.71 bits per heavy atom. The Labute approximate surface area is 103 Å². The summed E-state index contributed by atoms with van der Waals surface area (Å²) < 4.78 is 0. The van der Waals surface area contributed by atoms with Crippen molar-refractivity contribution in [3.05, 3.63) is 35.9 Å². The van der Waals surface area contributed by atoms with E-state index in [1.165, 1.54) is 0 Å². The number of rotatable bonds is 4. The molecule has 90 valence electrons. The van der Waals surface area contributed by atoms with Gasteiger partial charge >= 0.3 is 0 Å². The van der Waals surface area contributed by atoms with Crippen LogP contribution in [0.1, 0.15) is 12.5 Å². The van der Waals surface area contributed by atoms with Gasteiger partial charge in [-0.05, 0) is 19.1 Å². The van der Waals surface area contributed by atoms with Crippen LogP contribution in [-0.2, 0) is 4.79 Å². The molecule has 0 aromatic heterocycles. The lowest BCUT2D eigenvalue weighted by molar-refractivity contribution is -0.128. The fourth-order valence-corrected chi connectivity index (χ4v) is 1.21. The van der Waals surface area contributed by atoms with Crippen molar-refractivity contribution in [2.75, 3.05) is 26.7 Å². The highest BCUT2D eigenvalue weighted by molar-refractivity contribution is 5.77. The summed E-state index contributed by atoms with van der Waals surface area (Å²) in [4.78, 5) is 13.1. The standard InChI is InChI=1S/C14H18N2O/c1-3-16(2)14(17)12-15-11-7-10-13-8-5-4-6-9-13/h4-6,8-9,15H,3,11-12H2,1-2H3. The van der Waals surface area contributed by atoms with Crippen LogP contribution < -0.4 is 5.32 Å². The van der Waals surface area contributed by atoms with Crippen LogP contribution in [0.15, 0.2) is 30.3 Å². The van der Waals surface area contributed by atoms with Gasteiger partial charge in [-0.2, -0.15) is 0 Å². The van der Waals surface area contributed by atoms with Gasteiger partial charge in [-0.25, -0.2) is 0 Å². The van der Waals surface area contributed by atoms with Gasteiger partial charge in [-0.1, -0.05) is 30.0 Å². The van der Waals surface area contributed by atoms with E-state index in [4.69, 9.17) is 0 Å². The number of likely N-dealkylation sites (N-methyl/N-ethyl adjacent to an activating group) is 1. The third kappa shape index (κ3) is 5.19. The van der Waals surface area contributed by atoms with Gasteiger partial charge in [-0.3, -0.25) is 10.1 Å². The number of nitrogens with one attached hydrogen (secondary N) is 1. The summed E-state index contributed by atoms with van der Waals surface area (Å²) in [6.07, 6.45) is 0. The summed E-state index contributed by atoms with van der Waals surface area (Å²) in [7, 11) is 1.79. The normalized spacial score (nSPS) is 9.29. The third-order valence-electron chi connectivity index (χ3n) is 2.40. The van der Waals surface area contributed by atoms with Crippen LogP contribution in [0, 0.1) is 11.8 Å². The molecule has 0 aliphatic carbocycles. The van der Waals surface area contributed by atoms with Crippen molar-refractivity contribution in [1.29, 1.82) is 0 Å². The van der Waals surface area contributed by atoms with E-state index in [9.17, 15) is 4.79 Å². The molecule has 0 aliphatic rings. The van der Waals surface area contributed by atoms with Gasteiger partial charge < -0.3 is 4.90 Å². The number of benzene rings is 1. The second-order valence-corrected chi connectivity index (χ2v) is 3.68. The van der Waals surface area contributed by atoms with Crippen molar-refractivity contribution in [2.24, 2.45) is 0 Å². The predicted molar refractivity (Wildman–Crippen MR) is 69.5 cm³/mol. The maximum absolute atomic E-state index is 11.4. The zero-order chi connectivity index (χ0) is 12.5. The maximum atomic E-state index is 11.4. The molecule has 0 spiro atoms. The van der Waals surface area contributed by atoms with E-state index in [2.05, 4.69) is 17.2 Å². The van der Waals surface area contributed by atoms with Gasteiger partial charge in [0.15, 0.2) is 0 Å². The summed E-state index contributed by atoms with van der Waals surface area (Å²) >= 11 is 0. The molecule has 1 N–H and O–H groups in total. The van der Waals surface area contributed by atoms with Crippen LogP contribution in [-0.4, -0.2) is 37.5 Å². The minimum absolute atomic E-state index is 0.0917. The largest absolute Gasteiger partial charge is 0.345 e. The zero-order valence-electron chi connectivity index (χ0n) is 10.4. The maximum Gasteiger partial charge on any atom is 0.236 e. The Balaban J connectivity index is 2.25. The van der Waals surface area contributed by atoms with Gasteiger partial charge in [0.1, 0.15) is 0 Å². The molecule has 0 atom stereocenters. The first kappa shape index (κ1) is 13.3. The van der Waals surface area contributed by atoms with Gasteiger partial charge in [0.2, 0.25) is 5.91 Å². The third-order valence-corrected chi connectivity index (χ3v) is 2.40. The Morgan fingerprint density at radius 2 is 2.06 bits per heavy atom. The molecular weight excluding hydrogens is 212 g/mol. The number of hydrogen-bond donors (Lipinski definition) is 1. The van der Waals surface area contributed by atoms with Crippen LogP contribution in [0.5, 0.6) is 0 Å². The van der Waals surface area contributed by atoms with Crippen molar-refractivity contribution >= 4 is 5.91 Å². The first-order chi connectivity index (χ1) is 8.24. The van der Waals surface area contributed by atoms with Crippen molar-refractivity contribution < 1.29 is 4.79 Å². The summed E-state index contributed by atoms with van der Waals surface area (Å²) in [5, 5.41) is 3.01. The first-order valence-electron chi connectivity index (χ1n) is 5.72. The van der Waals surface area contributed by atoms with E-state index >= 15 is 0 Å². The number of amides is 1. The second-order valence-electron chi connectivity index (χ2n) is 3.68. The molecule has 0 bridgehead atoms. The van der Waals surface area contributed by atoms with Gasteiger partial charge in [0.05, 0.1) is 13.1 Å². The fraction of sp³-hybridized carbons (Fsp3) is 0.357. The van der Waals surface area contributed by atoms with Gasteiger partial charge in [-0.15, -0.1) is 0 Å². The average molecular weight is 230 g/mol. The minimum atomic E-state index is 0.0917. The molecular formula is C14H18N2O. The molecule has 17 heavy (non-hydrogen) atoms. The van der Waals surface area contributed by atoms with Crippen molar-refractivity contribution in [3.8, 4) is 11.8 Å². The van der Waals surface area contributed by atoms with Crippen LogP contribution in [0.4, 0.5) is 0 Å². The Hall–Kier alpha value is -1.79. The van der Waals surface area contributed by atoms with Gasteiger partial charge in [0, 0.05) is 19.2 Å². The first-order valence-corrected chi connectivity index (χ1v) is 5.72. The van der Waals surface area contributed by atoms with Crippen molar-refractivity contribution in [3.63, 3.8) is 0 Å². The van der Waals surface area contributed by atoms with Crippen molar-refractivity contribution in [2.45, 2.75) is 6.92 Å². The predicted octanol–water partition coefficient (Wildman–Crippen LogP) is 1.11. The summed E-state index contributed by atoms with van der Waals surface area (Å²) in [6.45, 7) is 3.55. The lowest BCUT2D eigenvalue weighted by Crippen LogP contribution is -2.35. The van der Waals surface area contributed by atoms with Crippen LogP contribution in [0.3, 0.4) is 0 Å². The minimum Gasteiger partial charge on any atom is -0.345 e. The van der Waals surface area contributed by atoms with Gasteiger partial charge in [0.25, 0.3) is 0 Å². The van der Waals surface area contributed by atoms with Crippen molar-refractivity contribution in [1.82, 2.24) is 10.2 Å². The highest BCUT2D eigenvalue weighted by atomic mass is 16.2. The monoisotopic (exact) mass is 230 g/mol. The lowest BCUT2D eigenvalue weighted by atomic mass is 10.2. The molecule has 0 radical (unpaired) electrons. The van der Waals surface area contributed by atoms with E-state index in [0.717, 1.165) is 12.1 Å². The SMILES string of the molecule is CCN(C)C(=O)CNCC#Cc1ccccc1. The molecule has 0 heterocycles. The van der Waals surface area contributed by atoms with E-state index in [0.29, 0.717) is 13.1 Å². The highest BCUT2D eigenvalue weighted by Gasteiger charge is 2.03. The highest BCUT2D eigenvalue weighted by Crippen LogP contribution is 1.94. The Bertz CT molecular complexity index is 403. The number of carbonyl (C=O) groups is 1.